The highest BCUT2D eigenvalue weighted by Crippen LogP contribution is 2.30. The summed E-state index contributed by atoms with van der Waals surface area (Å²) in [5.74, 6) is 0.158. The van der Waals surface area contributed by atoms with Crippen molar-refractivity contribution in [2.75, 3.05) is 12.5 Å². The van der Waals surface area contributed by atoms with E-state index in [1.807, 2.05) is 30.3 Å². The summed E-state index contributed by atoms with van der Waals surface area (Å²) in [4.78, 5) is 16.6. The van der Waals surface area contributed by atoms with Crippen LogP contribution in [0.5, 0.6) is 0 Å². The lowest BCUT2D eigenvalue weighted by atomic mass is 10.1. The Morgan fingerprint density at radius 3 is 2.70 bits per heavy atom. The number of anilines is 1. The van der Waals surface area contributed by atoms with Crippen LogP contribution in [0.4, 0.5) is 5.13 Å². The number of ether oxygens (including phenoxy) is 1. The SMILES string of the molecule is COC(=O)c1sc(N/N=c2\cc(-c3ccccc3)oc3c(Cl)cc(Cl)cc23)nc1C. The number of methoxy groups -OCH3 is 1. The molecule has 6 nitrogen and oxygen atoms in total. The molecule has 0 spiro atoms. The fourth-order valence-corrected chi connectivity index (χ4v) is 4.23. The fourth-order valence-electron chi connectivity index (χ4n) is 2.87. The van der Waals surface area contributed by atoms with Gasteiger partial charge in [0, 0.05) is 22.0 Å². The molecule has 4 aromatic rings. The van der Waals surface area contributed by atoms with E-state index < -0.39 is 5.97 Å². The maximum absolute atomic E-state index is 11.8. The molecule has 2 heterocycles. The van der Waals surface area contributed by atoms with Crippen molar-refractivity contribution in [3.05, 3.63) is 74.5 Å². The predicted octanol–water partition coefficient (Wildman–Crippen LogP) is 5.89. The van der Waals surface area contributed by atoms with E-state index in [2.05, 4.69) is 15.5 Å². The number of fused-ring (bicyclic) bond motifs is 1. The molecule has 4 rings (SSSR count). The molecule has 0 radical (unpaired) electrons. The van der Waals surface area contributed by atoms with E-state index >= 15 is 0 Å². The number of carbonyl (C=O) groups excluding carboxylic acids is 1. The molecule has 0 amide bonds. The summed E-state index contributed by atoms with van der Waals surface area (Å²) in [6, 6.07) is 14.8. The van der Waals surface area contributed by atoms with Crippen LogP contribution in [0.1, 0.15) is 15.4 Å². The quantitative estimate of drug-likeness (QED) is 0.304. The van der Waals surface area contributed by atoms with Crippen LogP contribution in [0.25, 0.3) is 22.3 Å². The Kier molecular flexibility index (Phi) is 5.76. The second kappa shape index (κ2) is 8.47. The van der Waals surface area contributed by atoms with E-state index in [0.717, 1.165) is 16.9 Å². The first kappa shape index (κ1) is 20.4. The monoisotopic (exact) mass is 459 g/mol. The van der Waals surface area contributed by atoms with Crippen molar-refractivity contribution in [3.8, 4) is 11.3 Å². The Labute approximate surface area is 185 Å². The van der Waals surface area contributed by atoms with Crippen LogP contribution < -0.4 is 10.8 Å². The van der Waals surface area contributed by atoms with Gasteiger partial charge in [0.25, 0.3) is 0 Å². The van der Waals surface area contributed by atoms with Gasteiger partial charge in [0.05, 0.1) is 23.2 Å². The molecule has 0 bridgehead atoms. The predicted molar refractivity (Wildman–Crippen MR) is 119 cm³/mol. The Morgan fingerprint density at radius 1 is 1.20 bits per heavy atom. The number of aromatic nitrogens is 1. The number of nitrogens with zero attached hydrogens (tertiary/aromatic N) is 2. The van der Waals surface area contributed by atoms with Gasteiger partial charge in [-0.05, 0) is 19.1 Å². The highest BCUT2D eigenvalue weighted by atomic mass is 35.5. The summed E-state index contributed by atoms with van der Waals surface area (Å²) < 4.78 is 10.8. The first-order chi connectivity index (χ1) is 14.5. The maximum Gasteiger partial charge on any atom is 0.350 e. The van der Waals surface area contributed by atoms with Crippen molar-refractivity contribution in [1.82, 2.24) is 4.98 Å². The van der Waals surface area contributed by atoms with E-state index in [0.29, 0.717) is 47.8 Å². The van der Waals surface area contributed by atoms with Gasteiger partial charge in [-0.1, -0.05) is 64.9 Å². The summed E-state index contributed by atoms with van der Waals surface area (Å²) in [5, 5.41) is 6.98. The number of hydrogen-bond acceptors (Lipinski definition) is 7. The number of hydrogen-bond donors (Lipinski definition) is 1. The second-order valence-corrected chi connectivity index (χ2v) is 8.12. The average molecular weight is 460 g/mol. The standard InChI is InChI=1S/C21H15Cl2N3O3S/c1-11-19(20(27)28-2)30-21(24-11)26-25-16-10-17(12-6-4-3-5-7-12)29-18-14(16)8-13(22)9-15(18)23/h3-10H,1-2H3,(H,24,26)/b25-16+. The van der Waals surface area contributed by atoms with Crippen molar-refractivity contribution in [2.24, 2.45) is 5.10 Å². The number of benzene rings is 2. The summed E-state index contributed by atoms with van der Waals surface area (Å²) in [5.41, 5.74) is 4.81. The van der Waals surface area contributed by atoms with Gasteiger partial charge in [0.2, 0.25) is 5.13 Å². The molecule has 9 heteroatoms. The fraction of sp³-hybridized carbons (Fsp3) is 0.0952. The summed E-state index contributed by atoms with van der Waals surface area (Å²) >= 11 is 13.7. The number of nitrogens with one attached hydrogen (secondary N) is 1. The lowest BCUT2D eigenvalue weighted by Gasteiger charge is -2.07. The molecular weight excluding hydrogens is 445 g/mol. The smallest absolute Gasteiger partial charge is 0.350 e. The van der Waals surface area contributed by atoms with Crippen LogP contribution in [-0.4, -0.2) is 18.1 Å². The van der Waals surface area contributed by atoms with E-state index in [1.165, 1.54) is 7.11 Å². The minimum atomic E-state index is -0.438. The van der Waals surface area contributed by atoms with Gasteiger partial charge < -0.3 is 9.15 Å². The number of halogens is 2. The first-order valence-electron chi connectivity index (χ1n) is 8.80. The van der Waals surface area contributed by atoms with Crippen molar-refractivity contribution in [3.63, 3.8) is 0 Å². The van der Waals surface area contributed by atoms with E-state index in [1.54, 1.807) is 25.1 Å². The third kappa shape index (κ3) is 4.05. The summed E-state index contributed by atoms with van der Waals surface area (Å²) in [7, 11) is 1.33. The molecule has 0 aliphatic carbocycles. The number of carbonyl (C=O) groups is 1. The molecule has 0 atom stereocenters. The topological polar surface area (TPSA) is 76.7 Å². The molecule has 0 aliphatic rings. The molecule has 0 fully saturated rings. The Balaban J connectivity index is 1.85. The number of esters is 1. The number of aryl methyl sites for hydroxylation is 1. The molecule has 2 aromatic carbocycles. The van der Waals surface area contributed by atoms with Crippen molar-refractivity contribution >= 4 is 56.6 Å². The lowest BCUT2D eigenvalue weighted by Crippen LogP contribution is -2.07. The van der Waals surface area contributed by atoms with E-state index in [-0.39, 0.29) is 0 Å². The van der Waals surface area contributed by atoms with Gasteiger partial charge >= 0.3 is 5.97 Å². The lowest BCUT2D eigenvalue weighted by molar-refractivity contribution is 0.0605. The van der Waals surface area contributed by atoms with Crippen molar-refractivity contribution in [1.29, 1.82) is 0 Å². The average Bonchev–Trinajstić information content (AvgIpc) is 3.12. The zero-order valence-electron chi connectivity index (χ0n) is 15.9. The van der Waals surface area contributed by atoms with Crippen LogP contribution in [0.2, 0.25) is 10.0 Å². The van der Waals surface area contributed by atoms with Crippen LogP contribution in [0, 0.1) is 6.92 Å². The first-order valence-corrected chi connectivity index (χ1v) is 10.4. The minimum absolute atomic E-state index is 0.379. The maximum atomic E-state index is 11.8. The molecule has 0 saturated carbocycles. The number of thiazole rings is 1. The largest absolute Gasteiger partial charge is 0.465 e. The highest BCUT2D eigenvalue weighted by molar-refractivity contribution is 7.17. The molecule has 152 valence electrons. The van der Waals surface area contributed by atoms with Gasteiger partial charge in [-0.15, -0.1) is 0 Å². The Morgan fingerprint density at radius 2 is 1.97 bits per heavy atom. The highest BCUT2D eigenvalue weighted by Gasteiger charge is 2.16. The van der Waals surface area contributed by atoms with Crippen molar-refractivity contribution in [2.45, 2.75) is 6.92 Å². The molecule has 0 aliphatic heterocycles. The van der Waals surface area contributed by atoms with E-state index in [4.69, 9.17) is 32.4 Å². The van der Waals surface area contributed by atoms with E-state index in [9.17, 15) is 4.79 Å². The number of rotatable bonds is 4. The summed E-state index contributed by atoms with van der Waals surface area (Å²) in [6.45, 7) is 1.73. The van der Waals surface area contributed by atoms with Gasteiger partial charge in [-0.25, -0.2) is 9.78 Å². The minimum Gasteiger partial charge on any atom is -0.465 e. The third-order valence-electron chi connectivity index (χ3n) is 4.26. The second-order valence-electron chi connectivity index (χ2n) is 6.27. The normalized spacial score (nSPS) is 11.7. The molecule has 0 saturated heterocycles. The molecule has 1 N–H and O–H groups in total. The molecule has 0 unspecified atom stereocenters. The third-order valence-corrected chi connectivity index (χ3v) is 5.80. The Bertz CT molecular complexity index is 1320. The van der Waals surface area contributed by atoms with Gasteiger partial charge in [0.1, 0.15) is 10.6 Å². The van der Waals surface area contributed by atoms with Gasteiger partial charge in [-0.3, -0.25) is 5.43 Å². The van der Waals surface area contributed by atoms with Gasteiger partial charge in [0.15, 0.2) is 5.58 Å². The van der Waals surface area contributed by atoms with Crippen LogP contribution >= 0.6 is 34.5 Å². The van der Waals surface area contributed by atoms with Gasteiger partial charge in [-0.2, -0.15) is 5.10 Å². The van der Waals surface area contributed by atoms with Crippen molar-refractivity contribution < 1.29 is 13.9 Å². The van der Waals surface area contributed by atoms with Crippen LogP contribution in [-0.2, 0) is 4.74 Å². The zero-order chi connectivity index (χ0) is 21.3. The molecule has 2 aromatic heterocycles. The Hall–Kier alpha value is -2.87. The summed E-state index contributed by atoms with van der Waals surface area (Å²) in [6.07, 6.45) is 0. The van der Waals surface area contributed by atoms with Crippen LogP contribution in [0.3, 0.4) is 0 Å². The van der Waals surface area contributed by atoms with Crippen LogP contribution in [0.15, 0.2) is 58.0 Å². The zero-order valence-corrected chi connectivity index (χ0v) is 18.2. The molecular formula is C21H15Cl2N3O3S. The molecule has 30 heavy (non-hydrogen) atoms.